The third-order valence-electron chi connectivity index (χ3n) is 6.90. The number of carbonyl (C=O) groups is 2. The van der Waals surface area contributed by atoms with Crippen LogP contribution in [-0.2, 0) is 9.59 Å². The Morgan fingerprint density at radius 3 is 2.70 bits per heavy atom. The van der Waals surface area contributed by atoms with Crippen molar-refractivity contribution in [2.45, 2.75) is 66.7 Å². The molecule has 1 fully saturated rings. The Hall–Kier alpha value is -1.38. The van der Waals surface area contributed by atoms with Gasteiger partial charge in [-0.25, -0.2) is 4.79 Å². The molecule has 1 saturated carbocycles. The van der Waals surface area contributed by atoms with Crippen LogP contribution in [0.3, 0.4) is 0 Å². The first kappa shape index (κ1) is 18.0. The van der Waals surface area contributed by atoms with Crippen LogP contribution >= 0.6 is 0 Å². The molecular weight excluding hydrogens is 288 g/mol. The van der Waals surface area contributed by atoms with Crippen molar-refractivity contribution in [2.24, 2.45) is 22.7 Å². The fourth-order valence-corrected chi connectivity index (χ4v) is 4.86. The van der Waals surface area contributed by atoms with Gasteiger partial charge in [0, 0.05) is 12.5 Å². The van der Waals surface area contributed by atoms with Gasteiger partial charge >= 0.3 is 5.97 Å². The Morgan fingerprint density at radius 1 is 1.43 bits per heavy atom. The molecule has 4 atom stereocenters. The number of ketones is 1. The highest BCUT2D eigenvalue weighted by Crippen LogP contribution is 2.61. The van der Waals surface area contributed by atoms with E-state index in [1.807, 2.05) is 13.0 Å². The normalized spacial score (nSPS) is 38.0. The third kappa shape index (κ3) is 3.29. The molecule has 0 aromatic rings. The predicted molar refractivity (Wildman–Crippen MR) is 92.1 cm³/mol. The van der Waals surface area contributed by atoms with Gasteiger partial charge < -0.3 is 5.11 Å². The van der Waals surface area contributed by atoms with E-state index in [2.05, 4.69) is 27.7 Å². The fourth-order valence-electron chi connectivity index (χ4n) is 4.86. The maximum absolute atomic E-state index is 12.2. The lowest BCUT2D eigenvalue weighted by Crippen LogP contribution is -2.50. The molecule has 0 spiro atoms. The average molecular weight is 318 g/mol. The lowest BCUT2D eigenvalue weighted by molar-refractivity contribution is -0.131. The van der Waals surface area contributed by atoms with Crippen molar-refractivity contribution < 1.29 is 14.7 Å². The first-order valence-electron chi connectivity index (χ1n) is 8.71. The number of hydrogen-bond donors (Lipinski definition) is 1. The summed E-state index contributed by atoms with van der Waals surface area (Å²) in [6, 6.07) is 0. The zero-order chi connectivity index (χ0) is 17.4. The number of rotatable bonds is 4. The second-order valence-corrected chi connectivity index (χ2v) is 8.24. The van der Waals surface area contributed by atoms with E-state index in [1.54, 1.807) is 0 Å². The van der Waals surface area contributed by atoms with Crippen molar-refractivity contribution in [3.63, 3.8) is 0 Å². The molecule has 1 N–H and O–H groups in total. The molecular formula is C20H30O3. The van der Waals surface area contributed by atoms with Crippen LogP contribution in [0.15, 0.2) is 23.3 Å². The first-order chi connectivity index (χ1) is 10.6. The Morgan fingerprint density at radius 2 is 2.09 bits per heavy atom. The maximum Gasteiger partial charge on any atom is 0.328 e. The summed E-state index contributed by atoms with van der Waals surface area (Å²) in [6.45, 7) is 10.9. The van der Waals surface area contributed by atoms with Crippen molar-refractivity contribution in [1.29, 1.82) is 0 Å². The largest absolute Gasteiger partial charge is 0.478 e. The molecule has 0 aromatic carbocycles. The monoisotopic (exact) mass is 318 g/mol. The Balaban J connectivity index is 2.29. The van der Waals surface area contributed by atoms with E-state index in [-0.39, 0.29) is 16.6 Å². The quantitative estimate of drug-likeness (QED) is 0.759. The number of carboxylic acids is 1. The zero-order valence-corrected chi connectivity index (χ0v) is 15.1. The summed E-state index contributed by atoms with van der Waals surface area (Å²) < 4.78 is 0. The van der Waals surface area contributed by atoms with E-state index >= 15 is 0 Å². The number of fused-ring (bicyclic) bond motifs is 1. The summed E-state index contributed by atoms with van der Waals surface area (Å²) >= 11 is 0. The lowest BCUT2D eigenvalue weighted by Gasteiger charge is -2.57. The minimum Gasteiger partial charge on any atom is -0.478 e. The molecule has 2 aliphatic carbocycles. The Bertz CT molecular complexity index is 571. The maximum atomic E-state index is 12.2. The van der Waals surface area contributed by atoms with Gasteiger partial charge in [0.2, 0.25) is 0 Å². The van der Waals surface area contributed by atoms with Gasteiger partial charge in [-0.3, -0.25) is 4.79 Å². The van der Waals surface area contributed by atoms with Crippen molar-refractivity contribution >= 4 is 11.8 Å². The van der Waals surface area contributed by atoms with E-state index in [9.17, 15) is 9.59 Å². The van der Waals surface area contributed by atoms with E-state index in [4.69, 9.17) is 5.11 Å². The van der Waals surface area contributed by atoms with Gasteiger partial charge in [-0.15, -0.1) is 0 Å². The summed E-state index contributed by atoms with van der Waals surface area (Å²) in [5.41, 5.74) is 2.33. The molecule has 0 aliphatic heterocycles. The van der Waals surface area contributed by atoms with Crippen LogP contribution in [-0.4, -0.2) is 16.9 Å². The highest BCUT2D eigenvalue weighted by Gasteiger charge is 2.54. The molecule has 3 nitrogen and oxygen atoms in total. The minimum atomic E-state index is -0.874. The van der Waals surface area contributed by atoms with Crippen LogP contribution in [0.5, 0.6) is 0 Å². The first-order valence-corrected chi connectivity index (χ1v) is 8.71. The number of aliphatic carboxylic acids is 1. The molecule has 0 unspecified atom stereocenters. The predicted octanol–water partition coefficient (Wildman–Crippen LogP) is 4.78. The van der Waals surface area contributed by atoms with E-state index in [1.165, 1.54) is 18.1 Å². The Kier molecular flexibility index (Phi) is 4.89. The lowest BCUT2D eigenvalue weighted by atomic mass is 9.47. The van der Waals surface area contributed by atoms with Crippen molar-refractivity contribution in [2.75, 3.05) is 0 Å². The molecule has 0 radical (unpaired) electrons. The third-order valence-corrected chi connectivity index (χ3v) is 6.90. The minimum absolute atomic E-state index is 0.0752. The van der Waals surface area contributed by atoms with Gasteiger partial charge in [0.25, 0.3) is 0 Å². The standard InChI is InChI=1S/C20H30O3/c1-13(10-18(22)23)6-8-19(4)14(2)7-9-20(5)15(3)11-16(21)12-17(19)20/h10-11,14,17H,6-9,12H2,1-5H3,(H,22,23)/b13-10+/t14-,17-,19+,20+/m0/s1. The molecule has 0 bridgehead atoms. The summed E-state index contributed by atoms with van der Waals surface area (Å²) in [5, 5.41) is 8.91. The summed E-state index contributed by atoms with van der Waals surface area (Å²) in [4.78, 5) is 23.0. The number of hydrogen-bond acceptors (Lipinski definition) is 2. The molecule has 3 heteroatoms. The highest BCUT2D eigenvalue weighted by atomic mass is 16.4. The van der Waals surface area contributed by atoms with Gasteiger partial charge in [-0.05, 0) is 68.3 Å². The average Bonchev–Trinajstić information content (AvgIpc) is 2.44. The molecule has 2 aliphatic rings. The van der Waals surface area contributed by atoms with Crippen LogP contribution in [0.4, 0.5) is 0 Å². The van der Waals surface area contributed by atoms with Gasteiger partial charge in [0.15, 0.2) is 5.78 Å². The van der Waals surface area contributed by atoms with Gasteiger partial charge in [0.1, 0.15) is 0 Å². The Labute approximate surface area is 139 Å². The smallest absolute Gasteiger partial charge is 0.328 e. The van der Waals surface area contributed by atoms with Crippen LogP contribution in [0, 0.1) is 22.7 Å². The SMILES string of the molecule is CC1=CC(=O)C[C@H]2[C@](C)(CC/C(C)=C/C(=O)O)[C@@H](C)CC[C@]12C. The molecule has 23 heavy (non-hydrogen) atoms. The number of carboxylic acid groups (broad SMARTS) is 1. The second-order valence-electron chi connectivity index (χ2n) is 8.24. The summed E-state index contributed by atoms with van der Waals surface area (Å²) in [6.07, 6.45) is 7.85. The molecule has 0 aromatic heterocycles. The molecule has 2 rings (SSSR count). The number of carbonyl (C=O) groups excluding carboxylic acids is 1. The van der Waals surface area contributed by atoms with E-state index in [0.29, 0.717) is 18.3 Å². The fraction of sp³-hybridized carbons (Fsp3) is 0.700. The highest BCUT2D eigenvalue weighted by molar-refractivity contribution is 5.92. The van der Waals surface area contributed by atoms with Crippen LogP contribution in [0.1, 0.15) is 66.7 Å². The summed E-state index contributed by atoms with van der Waals surface area (Å²) in [5.74, 6) is 0.287. The van der Waals surface area contributed by atoms with Gasteiger partial charge in [0.05, 0.1) is 0 Å². The van der Waals surface area contributed by atoms with Gasteiger partial charge in [-0.2, -0.15) is 0 Å². The zero-order valence-electron chi connectivity index (χ0n) is 15.1. The van der Waals surface area contributed by atoms with Crippen molar-refractivity contribution in [3.05, 3.63) is 23.3 Å². The van der Waals surface area contributed by atoms with Crippen LogP contribution in [0.2, 0.25) is 0 Å². The second kappa shape index (κ2) is 6.26. The topological polar surface area (TPSA) is 54.4 Å². The van der Waals surface area contributed by atoms with Crippen molar-refractivity contribution in [1.82, 2.24) is 0 Å². The van der Waals surface area contributed by atoms with Crippen molar-refractivity contribution in [3.8, 4) is 0 Å². The van der Waals surface area contributed by atoms with E-state index in [0.717, 1.165) is 24.8 Å². The molecule has 128 valence electrons. The number of allylic oxidation sites excluding steroid dienone is 3. The van der Waals surface area contributed by atoms with Gasteiger partial charge in [-0.1, -0.05) is 31.9 Å². The van der Waals surface area contributed by atoms with Crippen LogP contribution < -0.4 is 0 Å². The molecule has 0 saturated heterocycles. The molecule has 0 heterocycles. The summed E-state index contributed by atoms with van der Waals surface area (Å²) in [7, 11) is 0. The molecule has 0 amide bonds. The van der Waals surface area contributed by atoms with Crippen LogP contribution in [0.25, 0.3) is 0 Å². The van der Waals surface area contributed by atoms with E-state index < -0.39 is 5.97 Å².